The van der Waals surface area contributed by atoms with Crippen molar-refractivity contribution in [3.63, 3.8) is 0 Å². The summed E-state index contributed by atoms with van der Waals surface area (Å²) >= 11 is 5.47. The molecular formula is C15H22N2S. The summed E-state index contributed by atoms with van der Waals surface area (Å²) in [5.41, 5.74) is 2.97. The second kappa shape index (κ2) is 6.74. The Bertz CT molecular complexity index is 376. The fraction of sp³-hybridized carbons (Fsp3) is 0.533. The minimum atomic E-state index is 0.927. The molecule has 0 unspecified atom stereocenters. The van der Waals surface area contributed by atoms with Gasteiger partial charge in [-0.15, -0.1) is 0 Å². The number of hydrogen-bond acceptors (Lipinski definition) is 1. The van der Waals surface area contributed by atoms with E-state index in [-0.39, 0.29) is 0 Å². The van der Waals surface area contributed by atoms with E-state index in [1.165, 1.54) is 24.0 Å². The largest absolute Gasteiger partial charge is 0.363 e. The third-order valence-electron chi connectivity index (χ3n) is 3.51. The highest BCUT2D eigenvalue weighted by molar-refractivity contribution is 7.80. The number of thiocarbonyl (C=S) groups is 1. The van der Waals surface area contributed by atoms with Gasteiger partial charge in [0.2, 0.25) is 0 Å². The van der Waals surface area contributed by atoms with Crippen molar-refractivity contribution < 1.29 is 0 Å². The Morgan fingerprint density at radius 2 is 1.83 bits per heavy atom. The molecular weight excluding hydrogens is 240 g/mol. The summed E-state index contributed by atoms with van der Waals surface area (Å²) < 4.78 is 0. The van der Waals surface area contributed by atoms with Crippen LogP contribution in [0.2, 0.25) is 0 Å². The normalized spacial score (nSPS) is 14.8. The van der Waals surface area contributed by atoms with E-state index < -0.39 is 0 Å². The van der Waals surface area contributed by atoms with Gasteiger partial charge in [0, 0.05) is 19.6 Å². The molecule has 0 radical (unpaired) electrons. The van der Waals surface area contributed by atoms with Crippen molar-refractivity contribution in [1.82, 2.24) is 10.2 Å². The highest BCUT2D eigenvalue weighted by Crippen LogP contribution is 2.15. The summed E-state index contributed by atoms with van der Waals surface area (Å²) in [6, 6.07) is 8.75. The van der Waals surface area contributed by atoms with Crippen molar-refractivity contribution >= 4 is 17.3 Å². The summed E-state index contributed by atoms with van der Waals surface area (Å²) in [5, 5.41) is 4.29. The van der Waals surface area contributed by atoms with Gasteiger partial charge in [-0.25, -0.2) is 0 Å². The van der Waals surface area contributed by atoms with Gasteiger partial charge in [0.25, 0.3) is 0 Å². The van der Waals surface area contributed by atoms with Gasteiger partial charge in [0.1, 0.15) is 0 Å². The van der Waals surface area contributed by atoms with Gasteiger partial charge >= 0.3 is 0 Å². The first-order valence-corrected chi connectivity index (χ1v) is 7.31. The average Bonchev–Trinajstić information content (AvgIpc) is 2.61. The molecule has 0 bridgehead atoms. The lowest BCUT2D eigenvalue weighted by atomic mass is 10.0. The molecule has 1 aromatic rings. The van der Waals surface area contributed by atoms with E-state index in [4.69, 9.17) is 12.2 Å². The van der Waals surface area contributed by atoms with Gasteiger partial charge in [-0.2, -0.15) is 0 Å². The van der Waals surface area contributed by atoms with Gasteiger partial charge in [0.15, 0.2) is 5.11 Å². The molecule has 1 aliphatic rings. The first-order valence-electron chi connectivity index (χ1n) is 6.91. The molecule has 0 aromatic heterocycles. The number of nitrogens with zero attached hydrogens (tertiary/aromatic N) is 1. The summed E-state index contributed by atoms with van der Waals surface area (Å²) in [5.74, 6) is 0. The molecule has 0 fully saturated rings. The number of unbranched alkanes of at least 4 members (excludes halogenated alkanes) is 1. The van der Waals surface area contributed by atoms with Crippen molar-refractivity contribution in [2.24, 2.45) is 0 Å². The molecule has 18 heavy (non-hydrogen) atoms. The topological polar surface area (TPSA) is 15.3 Å². The fourth-order valence-electron chi connectivity index (χ4n) is 2.35. The number of hydrogen-bond donors (Lipinski definition) is 1. The van der Waals surface area contributed by atoms with E-state index in [0.29, 0.717) is 0 Å². The van der Waals surface area contributed by atoms with E-state index in [0.717, 1.165) is 37.6 Å². The molecule has 0 amide bonds. The number of rotatable bonds is 3. The third-order valence-corrected chi connectivity index (χ3v) is 3.92. The van der Waals surface area contributed by atoms with Gasteiger partial charge < -0.3 is 10.2 Å². The van der Waals surface area contributed by atoms with Crippen LogP contribution in [0.1, 0.15) is 30.9 Å². The third kappa shape index (κ3) is 3.45. The summed E-state index contributed by atoms with van der Waals surface area (Å²) in [4.78, 5) is 2.31. The Morgan fingerprint density at radius 1 is 1.22 bits per heavy atom. The van der Waals surface area contributed by atoms with Crippen LogP contribution in [-0.4, -0.2) is 29.6 Å². The van der Waals surface area contributed by atoms with Crippen LogP contribution < -0.4 is 5.32 Å². The molecule has 0 atom stereocenters. The minimum absolute atomic E-state index is 0.927. The first kappa shape index (κ1) is 13.3. The molecule has 0 saturated heterocycles. The number of benzene rings is 1. The van der Waals surface area contributed by atoms with Gasteiger partial charge in [-0.05, 0) is 42.6 Å². The van der Waals surface area contributed by atoms with Crippen LogP contribution in [0.5, 0.6) is 0 Å². The lowest BCUT2D eigenvalue weighted by Gasteiger charge is -2.23. The maximum atomic E-state index is 5.47. The quantitative estimate of drug-likeness (QED) is 0.666. The van der Waals surface area contributed by atoms with E-state index in [2.05, 4.69) is 41.4 Å². The second-order valence-electron chi connectivity index (χ2n) is 4.84. The first-order chi connectivity index (χ1) is 8.81. The lowest BCUT2D eigenvalue weighted by Crippen LogP contribution is -2.41. The maximum absolute atomic E-state index is 5.47. The Kier molecular flexibility index (Phi) is 5.00. The number of nitrogens with one attached hydrogen (secondary N) is 1. The van der Waals surface area contributed by atoms with Crippen molar-refractivity contribution in [2.45, 2.75) is 32.6 Å². The van der Waals surface area contributed by atoms with Crippen LogP contribution in [0.25, 0.3) is 0 Å². The predicted molar refractivity (Wildman–Crippen MR) is 80.9 cm³/mol. The Hall–Kier alpha value is -1.09. The minimum Gasteiger partial charge on any atom is -0.363 e. The van der Waals surface area contributed by atoms with Crippen LogP contribution in [-0.2, 0) is 12.8 Å². The molecule has 3 heteroatoms. The van der Waals surface area contributed by atoms with E-state index in [9.17, 15) is 0 Å². The average molecular weight is 262 g/mol. The van der Waals surface area contributed by atoms with Crippen LogP contribution in [0.3, 0.4) is 0 Å². The Labute approximate surface area is 115 Å². The summed E-state index contributed by atoms with van der Waals surface area (Å²) in [7, 11) is 0. The molecule has 1 heterocycles. The van der Waals surface area contributed by atoms with Crippen LogP contribution in [0.15, 0.2) is 24.3 Å². The van der Waals surface area contributed by atoms with Crippen LogP contribution in [0, 0.1) is 0 Å². The molecule has 98 valence electrons. The van der Waals surface area contributed by atoms with Gasteiger partial charge in [-0.3, -0.25) is 0 Å². The zero-order valence-electron chi connectivity index (χ0n) is 11.1. The van der Waals surface area contributed by atoms with Crippen molar-refractivity contribution in [3.05, 3.63) is 35.4 Å². The highest BCUT2D eigenvalue weighted by atomic mass is 32.1. The smallest absolute Gasteiger partial charge is 0.168 e. The molecule has 1 aliphatic heterocycles. The maximum Gasteiger partial charge on any atom is 0.168 e. The highest BCUT2D eigenvalue weighted by Gasteiger charge is 2.15. The zero-order chi connectivity index (χ0) is 12.8. The van der Waals surface area contributed by atoms with Gasteiger partial charge in [-0.1, -0.05) is 37.6 Å². The summed E-state index contributed by atoms with van der Waals surface area (Å²) in [6.45, 7) is 5.27. The standard InChI is InChI=1S/C15H22N2S/c1-2-3-10-16-15(18)17-11-8-13-6-4-5-7-14(13)9-12-17/h4-7H,2-3,8-12H2,1H3,(H,16,18). The molecule has 0 spiro atoms. The predicted octanol–water partition coefficient (Wildman–Crippen LogP) is 2.76. The van der Waals surface area contributed by atoms with Crippen molar-refractivity contribution in [1.29, 1.82) is 0 Å². The Balaban J connectivity index is 1.89. The molecule has 1 N–H and O–H groups in total. The Morgan fingerprint density at radius 3 is 2.39 bits per heavy atom. The second-order valence-corrected chi connectivity index (χ2v) is 5.23. The monoisotopic (exact) mass is 262 g/mol. The SMILES string of the molecule is CCCCNC(=S)N1CCc2ccccc2CC1. The van der Waals surface area contributed by atoms with Crippen molar-refractivity contribution in [2.75, 3.05) is 19.6 Å². The van der Waals surface area contributed by atoms with E-state index in [1.807, 2.05) is 0 Å². The molecule has 1 aromatic carbocycles. The van der Waals surface area contributed by atoms with Crippen molar-refractivity contribution in [3.8, 4) is 0 Å². The molecule has 2 nitrogen and oxygen atoms in total. The lowest BCUT2D eigenvalue weighted by molar-refractivity contribution is 0.430. The zero-order valence-corrected chi connectivity index (χ0v) is 11.9. The summed E-state index contributed by atoms with van der Waals surface area (Å²) in [6.07, 6.45) is 4.60. The fourth-order valence-corrected chi connectivity index (χ4v) is 2.64. The molecule has 0 aliphatic carbocycles. The van der Waals surface area contributed by atoms with Crippen LogP contribution >= 0.6 is 12.2 Å². The van der Waals surface area contributed by atoms with Gasteiger partial charge in [0.05, 0.1) is 0 Å². The van der Waals surface area contributed by atoms with Crippen LogP contribution in [0.4, 0.5) is 0 Å². The van der Waals surface area contributed by atoms with E-state index in [1.54, 1.807) is 0 Å². The van der Waals surface area contributed by atoms with E-state index >= 15 is 0 Å². The molecule has 0 saturated carbocycles. The molecule has 2 rings (SSSR count). The number of fused-ring (bicyclic) bond motifs is 1.